The summed E-state index contributed by atoms with van der Waals surface area (Å²) >= 11 is 0. The molecule has 136 valence electrons. The standard InChI is InChI=1S/C18H21FN6O/c1-10-6-11(19)7-13(26)15(10)17-23-16-18(25(17)3)21-9-14(22-16)24(2)12-4-5-20-8-12/h6-7,9,12,20,26H,4-5,8H2,1-3H3/t12-/m1/s1. The summed E-state index contributed by atoms with van der Waals surface area (Å²) in [6.45, 7) is 3.67. The maximum absolute atomic E-state index is 13.5. The Balaban J connectivity index is 1.80. The fourth-order valence-electron chi connectivity index (χ4n) is 3.52. The van der Waals surface area contributed by atoms with Gasteiger partial charge in [0.25, 0.3) is 0 Å². The Morgan fingerprint density at radius 2 is 2.15 bits per heavy atom. The minimum Gasteiger partial charge on any atom is -0.507 e. The fraction of sp³-hybridized carbons (Fsp3) is 0.389. The zero-order valence-corrected chi connectivity index (χ0v) is 15.0. The van der Waals surface area contributed by atoms with E-state index in [1.807, 2.05) is 14.1 Å². The summed E-state index contributed by atoms with van der Waals surface area (Å²) < 4.78 is 15.3. The zero-order valence-electron chi connectivity index (χ0n) is 15.0. The van der Waals surface area contributed by atoms with E-state index in [0.29, 0.717) is 34.3 Å². The van der Waals surface area contributed by atoms with Gasteiger partial charge in [-0.2, -0.15) is 0 Å². The van der Waals surface area contributed by atoms with Crippen LogP contribution in [0, 0.1) is 12.7 Å². The molecule has 0 amide bonds. The second kappa shape index (κ2) is 6.21. The molecule has 4 rings (SSSR count). The highest BCUT2D eigenvalue weighted by molar-refractivity contribution is 5.78. The molecule has 0 aliphatic carbocycles. The van der Waals surface area contributed by atoms with E-state index in [0.717, 1.165) is 31.4 Å². The molecular weight excluding hydrogens is 335 g/mol. The average Bonchev–Trinajstić information content (AvgIpc) is 3.22. The van der Waals surface area contributed by atoms with Crippen LogP contribution in [0.3, 0.4) is 0 Å². The number of rotatable bonds is 3. The molecule has 3 heterocycles. The second-order valence-corrected chi connectivity index (χ2v) is 6.74. The van der Waals surface area contributed by atoms with Crippen molar-refractivity contribution in [3.05, 3.63) is 29.7 Å². The molecule has 1 aromatic carbocycles. The molecule has 8 heteroatoms. The Morgan fingerprint density at radius 1 is 1.35 bits per heavy atom. The van der Waals surface area contributed by atoms with E-state index >= 15 is 0 Å². The molecule has 0 spiro atoms. The normalized spacial score (nSPS) is 17.2. The Bertz CT molecular complexity index is 956. The minimum atomic E-state index is -0.479. The quantitative estimate of drug-likeness (QED) is 0.747. The van der Waals surface area contributed by atoms with Gasteiger partial charge in [-0.1, -0.05) is 0 Å². The van der Waals surface area contributed by atoms with Gasteiger partial charge in [0, 0.05) is 32.7 Å². The highest BCUT2D eigenvalue weighted by Crippen LogP contribution is 2.33. The summed E-state index contributed by atoms with van der Waals surface area (Å²) in [5.74, 6) is 0.649. The first-order chi connectivity index (χ1) is 12.5. The topological polar surface area (TPSA) is 79.1 Å². The van der Waals surface area contributed by atoms with Gasteiger partial charge < -0.3 is 19.9 Å². The number of nitrogens with zero attached hydrogens (tertiary/aromatic N) is 5. The number of aromatic nitrogens is 4. The SMILES string of the molecule is Cc1cc(F)cc(O)c1-c1nc2nc(N(C)[C@@H]3CCNC3)cnc2n1C. The molecule has 0 unspecified atom stereocenters. The first-order valence-corrected chi connectivity index (χ1v) is 8.58. The molecule has 26 heavy (non-hydrogen) atoms. The molecule has 7 nitrogen and oxygen atoms in total. The van der Waals surface area contributed by atoms with Crippen molar-refractivity contribution in [1.29, 1.82) is 0 Å². The number of halogens is 1. The molecule has 0 saturated carbocycles. The minimum absolute atomic E-state index is 0.143. The number of aromatic hydroxyl groups is 1. The van der Waals surface area contributed by atoms with Crippen LogP contribution in [0.15, 0.2) is 18.3 Å². The number of aryl methyl sites for hydroxylation is 2. The van der Waals surface area contributed by atoms with E-state index in [9.17, 15) is 9.50 Å². The molecule has 3 aromatic rings. The third-order valence-corrected chi connectivity index (χ3v) is 5.02. The number of nitrogens with one attached hydrogen (secondary N) is 1. The van der Waals surface area contributed by atoms with Crippen LogP contribution in [0.5, 0.6) is 5.75 Å². The lowest BCUT2D eigenvalue weighted by Crippen LogP contribution is -2.34. The third-order valence-electron chi connectivity index (χ3n) is 5.02. The van der Waals surface area contributed by atoms with Gasteiger partial charge in [-0.05, 0) is 31.5 Å². The lowest BCUT2D eigenvalue weighted by atomic mass is 10.1. The number of hydrogen-bond acceptors (Lipinski definition) is 6. The van der Waals surface area contributed by atoms with Crippen molar-refractivity contribution in [3.8, 4) is 17.1 Å². The van der Waals surface area contributed by atoms with Crippen molar-refractivity contribution >= 4 is 17.1 Å². The summed E-state index contributed by atoms with van der Waals surface area (Å²) in [6, 6.07) is 2.85. The molecule has 1 saturated heterocycles. The molecule has 1 fully saturated rings. The van der Waals surface area contributed by atoms with Crippen LogP contribution in [-0.4, -0.2) is 50.8 Å². The van der Waals surface area contributed by atoms with Crippen LogP contribution < -0.4 is 10.2 Å². The van der Waals surface area contributed by atoms with Gasteiger partial charge in [0.05, 0.1) is 11.8 Å². The summed E-state index contributed by atoms with van der Waals surface area (Å²) in [5, 5.41) is 13.6. The van der Waals surface area contributed by atoms with E-state index in [1.54, 1.807) is 17.7 Å². The molecular formula is C18H21FN6O. The van der Waals surface area contributed by atoms with E-state index in [4.69, 9.17) is 0 Å². The highest BCUT2D eigenvalue weighted by atomic mass is 19.1. The number of imidazole rings is 1. The average molecular weight is 356 g/mol. The molecule has 0 radical (unpaired) electrons. The van der Waals surface area contributed by atoms with Crippen molar-refractivity contribution in [2.75, 3.05) is 25.0 Å². The number of phenols is 1. The first-order valence-electron chi connectivity index (χ1n) is 8.58. The van der Waals surface area contributed by atoms with Gasteiger partial charge >= 0.3 is 0 Å². The van der Waals surface area contributed by atoms with E-state index in [-0.39, 0.29) is 5.75 Å². The first kappa shape index (κ1) is 16.7. The van der Waals surface area contributed by atoms with Crippen molar-refractivity contribution in [3.63, 3.8) is 0 Å². The van der Waals surface area contributed by atoms with Gasteiger partial charge in [-0.3, -0.25) is 0 Å². The Hall–Kier alpha value is -2.74. The molecule has 1 aliphatic heterocycles. The number of fused-ring (bicyclic) bond motifs is 1. The molecule has 2 aromatic heterocycles. The summed E-state index contributed by atoms with van der Waals surface area (Å²) in [6.07, 6.45) is 2.80. The number of phenolic OH excluding ortho intramolecular Hbond substituents is 1. The second-order valence-electron chi connectivity index (χ2n) is 6.74. The molecule has 0 bridgehead atoms. The van der Waals surface area contributed by atoms with Gasteiger partial charge in [-0.25, -0.2) is 19.3 Å². The van der Waals surface area contributed by atoms with Crippen molar-refractivity contribution in [2.24, 2.45) is 7.05 Å². The van der Waals surface area contributed by atoms with Crippen molar-refractivity contribution in [2.45, 2.75) is 19.4 Å². The van der Waals surface area contributed by atoms with Crippen LogP contribution in [-0.2, 0) is 7.05 Å². The zero-order chi connectivity index (χ0) is 18.4. The predicted octanol–water partition coefficient (Wildman–Crippen LogP) is 1.98. The van der Waals surface area contributed by atoms with Gasteiger partial charge in [0.2, 0.25) is 0 Å². The number of hydrogen-bond donors (Lipinski definition) is 2. The summed E-state index contributed by atoms with van der Waals surface area (Å²) in [5.41, 5.74) is 2.21. The van der Waals surface area contributed by atoms with E-state index < -0.39 is 5.82 Å². The lowest BCUT2D eigenvalue weighted by Gasteiger charge is -2.24. The third kappa shape index (κ3) is 2.66. The predicted molar refractivity (Wildman–Crippen MR) is 97.8 cm³/mol. The van der Waals surface area contributed by atoms with Crippen LogP contribution in [0.4, 0.5) is 10.2 Å². The molecule has 1 aliphatic rings. The Labute approximate surface area is 150 Å². The van der Waals surface area contributed by atoms with Crippen LogP contribution in [0.2, 0.25) is 0 Å². The van der Waals surface area contributed by atoms with Gasteiger partial charge in [0.1, 0.15) is 23.2 Å². The van der Waals surface area contributed by atoms with Crippen LogP contribution in [0.1, 0.15) is 12.0 Å². The molecule has 2 N–H and O–H groups in total. The molecule has 1 atom stereocenters. The van der Waals surface area contributed by atoms with Gasteiger partial charge in [0.15, 0.2) is 11.3 Å². The van der Waals surface area contributed by atoms with E-state index in [2.05, 4.69) is 25.2 Å². The van der Waals surface area contributed by atoms with Crippen LogP contribution >= 0.6 is 0 Å². The fourth-order valence-corrected chi connectivity index (χ4v) is 3.52. The number of benzene rings is 1. The largest absolute Gasteiger partial charge is 0.507 e. The van der Waals surface area contributed by atoms with Crippen LogP contribution in [0.25, 0.3) is 22.7 Å². The monoisotopic (exact) mass is 356 g/mol. The van der Waals surface area contributed by atoms with E-state index in [1.165, 1.54) is 6.07 Å². The lowest BCUT2D eigenvalue weighted by molar-refractivity contribution is 0.470. The Kier molecular flexibility index (Phi) is 3.99. The van der Waals surface area contributed by atoms with Crippen molar-refractivity contribution in [1.82, 2.24) is 24.8 Å². The van der Waals surface area contributed by atoms with Crippen molar-refractivity contribution < 1.29 is 9.50 Å². The maximum atomic E-state index is 13.5. The number of anilines is 1. The smallest absolute Gasteiger partial charge is 0.200 e. The van der Waals surface area contributed by atoms with Gasteiger partial charge in [-0.15, -0.1) is 0 Å². The number of likely N-dealkylation sites (N-methyl/N-ethyl adjacent to an activating group) is 1. The highest BCUT2D eigenvalue weighted by Gasteiger charge is 2.23. The summed E-state index contributed by atoms with van der Waals surface area (Å²) in [7, 11) is 3.82. The Morgan fingerprint density at radius 3 is 2.85 bits per heavy atom. The maximum Gasteiger partial charge on any atom is 0.200 e. The summed E-state index contributed by atoms with van der Waals surface area (Å²) in [4.78, 5) is 15.8.